The fourth-order valence-corrected chi connectivity index (χ4v) is 4.64. The quantitative estimate of drug-likeness (QED) is 0.345. The van der Waals surface area contributed by atoms with Gasteiger partial charge in [-0.25, -0.2) is 0 Å². The van der Waals surface area contributed by atoms with Crippen LogP contribution in [0.1, 0.15) is 39.7 Å². The first-order valence-corrected chi connectivity index (χ1v) is 13.3. The second-order valence-corrected chi connectivity index (χ2v) is 14.5. The predicted molar refractivity (Wildman–Crippen MR) is 116 cm³/mol. The lowest BCUT2D eigenvalue weighted by Crippen LogP contribution is -2.52. The normalized spacial score (nSPS) is 25.8. The number of ether oxygens (including phenoxy) is 1. The molecule has 0 unspecified atom stereocenters. The number of Topliss-reactive ketones (excluding diaryl/α,β-unsaturated/α-hetero) is 1. The number of carbonyl (C=O) groups excluding carboxylic acids is 1. The van der Waals surface area contributed by atoms with Crippen molar-refractivity contribution in [2.75, 3.05) is 13.2 Å². The molecule has 2 rings (SSSR count). The summed E-state index contributed by atoms with van der Waals surface area (Å²) in [5.74, 6) is -1.16. The molecule has 1 saturated carbocycles. The average Bonchev–Trinajstić information content (AvgIpc) is 2.62. The lowest BCUT2D eigenvalue weighted by atomic mass is 9.71. The summed E-state index contributed by atoms with van der Waals surface area (Å²) < 4.78 is 12.1. The molecule has 1 fully saturated rings. The van der Waals surface area contributed by atoms with E-state index >= 15 is 0 Å². The Morgan fingerprint density at radius 1 is 1.17 bits per heavy atom. The van der Waals surface area contributed by atoms with Gasteiger partial charge in [-0.3, -0.25) is 14.9 Å². The number of nitro groups is 1. The van der Waals surface area contributed by atoms with Crippen molar-refractivity contribution in [2.45, 2.75) is 64.9 Å². The molecule has 1 aliphatic carbocycles. The molecular formula is C22H35NO5Si. The Bertz CT molecular complexity index is 701. The Labute approximate surface area is 175 Å². The topological polar surface area (TPSA) is 78.7 Å². The number of benzene rings is 1. The summed E-state index contributed by atoms with van der Waals surface area (Å²) in [5, 5.41) is 12.0. The van der Waals surface area contributed by atoms with E-state index in [2.05, 4.69) is 33.9 Å². The van der Waals surface area contributed by atoms with Crippen LogP contribution in [-0.2, 0) is 20.6 Å². The zero-order valence-electron chi connectivity index (χ0n) is 18.5. The molecule has 0 bridgehead atoms. The summed E-state index contributed by atoms with van der Waals surface area (Å²) in [4.78, 5) is 24.4. The number of carbonyl (C=O) groups is 1. The Kier molecular flexibility index (Phi) is 7.76. The number of hydrogen-bond donors (Lipinski definition) is 0. The van der Waals surface area contributed by atoms with E-state index in [9.17, 15) is 14.9 Å². The number of hydrogen-bond acceptors (Lipinski definition) is 5. The summed E-state index contributed by atoms with van der Waals surface area (Å²) in [6, 6.07) is 8.87. The molecule has 29 heavy (non-hydrogen) atoms. The maximum absolute atomic E-state index is 12.6. The molecule has 6 nitrogen and oxygen atoms in total. The van der Waals surface area contributed by atoms with Crippen LogP contribution in [0.4, 0.5) is 0 Å². The molecule has 7 heteroatoms. The lowest BCUT2D eigenvalue weighted by molar-refractivity contribution is -0.546. The van der Waals surface area contributed by atoms with Gasteiger partial charge in [0.1, 0.15) is 5.78 Å². The van der Waals surface area contributed by atoms with Gasteiger partial charge in [0, 0.05) is 23.9 Å². The largest absolute Gasteiger partial charge is 0.416 e. The van der Waals surface area contributed by atoms with Crippen molar-refractivity contribution in [3.63, 3.8) is 0 Å². The van der Waals surface area contributed by atoms with Gasteiger partial charge >= 0.3 is 0 Å². The van der Waals surface area contributed by atoms with Crippen LogP contribution in [0.25, 0.3) is 0 Å². The molecule has 0 saturated heterocycles. The highest BCUT2D eigenvalue weighted by Crippen LogP contribution is 2.39. The predicted octanol–water partition coefficient (Wildman–Crippen LogP) is 4.71. The Hall–Kier alpha value is -1.57. The molecule has 4 atom stereocenters. The summed E-state index contributed by atoms with van der Waals surface area (Å²) in [5.41, 5.74) is 1.01. The maximum Gasteiger partial charge on any atom is 0.224 e. The van der Waals surface area contributed by atoms with Crippen molar-refractivity contribution in [3.05, 3.63) is 46.0 Å². The Balaban J connectivity index is 2.10. The van der Waals surface area contributed by atoms with Crippen molar-refractivity contribution < 1.29 is 18.9 Å². The van der Waals surface area contributed by atoms with E-state index < -0.39 is 26.2 Å². The van der Waals surface area contributed by atoms with Gasteiger partial charge in [0.25, 0.3) is 0 Å². The van der Waals surface area contributed by atoms with Gasteiger partial charge in [0.05, 0.1) is 25.0 Å². The zero-order valence-corrected chi connectivity index (χ0v) is 19.5. The summed E-state index contributed by atoms with van der Waals surface area (Å²) in [7, 11) is -2.06. The first kappa shape index (κ1) is 23.7. The van der Waals surface area contributed by atoms with Gasteiger partial charge in [-0.1, -0.05) is 58.0 Å². The molecule has 0 N–H and O–H groups in total. The van der Waals surface area contributed by atoms with E-state index in [0.29, 0.717) is 6.61 Å². The molecule has 0 spiro atoms. The highest BCUT2D eigenvalue weighted by molar-refractivity contribution is 6.74. The van der Waals surface area contributed by atoms with Crippen LogP contribution in [0.2, 0.25) is 18.1 Å². The molecule has 1 aromatic rings. The monoisotopic (exact) mass is 421 g/mol. The molecule has 0 heterocycles. The summed E-state index contributed by atoms with van der Waals surface area (Å²) >= 11 is 0. The minimum absolute atomic E-state index is 0.0111. The summed E-state index contributed by atoms with van der Waals surface area (Å²) in [6.07, 6.45) is 0.193. The molecule has 1 aromatic carbocycles. The van der Waals surface area contributed by atoms with Crippen molar-refractivity contribution in [1.82, 2.24) is 0 Å². The SMILES string of the molecule is C[C@H]1C(=O)C[C@H](COCc2ccccc2)[C@@H]([N+](=O)[O-])[C@H]1CO[Si](C)(C)C(C)(C)C. The van der Waals surface area contributed by atoms with E-state index in [0.717, 1.165) is 5.56 Å². The fraction of sp³-hybridized carbons (Fsp3) is 0.682. The van der Waals surface area contributed by atoms with Gasteiger partial charge in [0.2, 0.25) is 6.04 Å². The molecule has 0 aromatic heterocycles. The Morgan fingerprint density at radius 3 is 2.34 bits per heavy atom. The van der Waals surface area contributed by atoms with Crippen molar-refractivity contribution in [1.29, 1.82) is 0 Å². The Morgan fingerprint density at radius 2 is 1.79 bits per heavy atom. The highest BCUT2D eigenvalue weighted by atomic mass is 28.4. The van der Waals surface area contributed by atoms with Gasteiger partial charge < -0.3 is 9.16 Å². The number of nitrogens with zero attached hydrogens (tertiary/aromatic N) is 1. The maximum atomic E-state index is 12.6. The van der Waals surface area contributed by atoms with E-state index in [4.69, 9.17) is 9.16 Å². The molecule has 0 radical (unpaired) electrons. The molecule has 0 aliphatic heterocycles. The fourth-order valence-electron chi connectivity index (χ4n) is 3.60. The standard InChI is InChI=1S/C22H35NO5Si/c1-16-19(15-28-29(5,6)22(2,3)4)21(23(25)26)18(12-20(16)24)14-27-13-17-10-8-7-9-11-17/h7-11,16,18-19,21H,12-15H2,1-6H3/t16-,18-,19+,21-/m1/s1. The molecule has 0 amide bonds. The minimum atomic E-state index is -2.06. The lowest BCUT2D eigenvalue weighted by Gasteiger charge is -2.40. The van der Waals surface area contributed by atoms with E-state index in [1.807, 2.05) is 30.3 Å². The third kappa shape index (κ3) is 5.96. The molecular weight excluding hydrogens is 386 g/mol. The van der Waals surface area contributed by atoms with Crippen LogP contribution in [0.5, 0.6) is 0 Å². The third-order valence-electron chi connectivity index (χ3n) is 6.66. The molecule has 162 valence electrons. The smallest absolute Gasteiger partial charge is 0.224 e. The van der Waals surface area contributed by atoms with Crippen LogP contribution >= 0.6 is 0 Å². The van der Waals surface area contributed by atoms with Crippen molar-refractivity contribution in [3.8, 4) is 0 Å². The summed E-state index contributed by atoms with van der Waals surface area (Å²) in [6.45, 7) is 13.3. The van der Waals surface area contributed by atoms with Gasteiger partial charge in [-0.2, -0.15) is 0 Å². The third-order valence-corrected chi connectivity index (χ3v) is 11.2. The van der Waals surface area contributed by atoms with Crippen molar-refractivity contribution in [2.24, 2.45) is 17.8 Å². The van der Waals surface area contributed by atoms with Crippen molar-refractivity contribution >= 4 is 14.1 Å². The number of rotatable bonds is 8. The van der Waals surface area contributed by atoms with Crippen LogP contribution in [0.15, 0.2) is 30.3 Å². The van der Waals surface area contributed by atoms with E-state index in [1.165, 1.54) is 0 Å². The van der Waals surface area contributed by atoms with Crippen LogP contribution in [-0.4, -0.2) is 38.3 Å². The van der Waals surface area contributed by atoms with E-state index in [-0.39, 0.29) is 41.3 Å². The molecule has 1 aliphatic rings. The second-order valence-electron chi connectivity index (χ2n) is 9.73. The van der Waals surface area contributed by atoms with Crippen LogP contribution in [0.3, 0.4) is 0 Å². The average molecular weight is 422 g/mol. The van der Waals surface area contributed by atoms with Gasteiger partial charge in [-0.05, 0) is 23.7 Å². The second kappa shape index (κ2) is 9.49. The van der Waals surface area contributed by atoms with Gasteiger partial charge in [-0.15, -0.1) is 0 Å². The highest BCUT2D eigenvalue weighted by Gasteiger charge is 2.50. The van der Waals surface area contributed by atoms with Gasteiger partial charge in [0.15, 0.2) is 8.32 Å². The minimum Gasteiger partial charge on any atom is -0.416 e. The zero-order chi connectivity index (χ0) is 21.8. The number of ketones is 1. The first-order chi connectivity index (χ1) is 13.4. The first-order valence-electron chi connectivity index (χ1n) is 10.4. The van der Waals surface area contributed by atoms with Crippen LogP contribution < -0.4 is 0 Å². The van der Waals surface area contributed by atoms with Crippen LogP contribution in [0, 0.1) is 27.9 Å². The van der Waals surface area contributed by atoms with E-state index in [1.54, 1.807) is 6.92 Å².